The van der Waals surface area contributed by atoms with Crippen LogP contribution in [0.1, 0.15) is 19.3 Å². The molecular weight excluding hydrogens is 301 g/mol. The van der Waals surface area contributed by atoms with E-state index in [1.807, 2.05) is 0 Å². The van der Waals surface area contributed by atoms with Gasteiger partial charge in [-0.05, 0) is 37.0 Å². The summed E-state index contributed by atoms with van der Waals surface area (Å²) in [4.78, 5) is 22.9. The lowest BCUT2D eigenvalue weighted by molar-refractivity contribution is -0.118. The Labute approximate surface area is 126 Å². The van der Waals surface area contributed by atoms with Crippen LogP contribution in [0.3, 0.4) is 0 Å². The fraction of sp³-hybridized carbons (Fsp3) is 0.385. The Morgan fingerprint density at radius 2 is 2.05 bits per heavy atom. The Hall–Kier alpha value is -1.46. The lowest BCUT2D eigenvalue weighted by Crippen LogP contribution is -2.41. The van der Waals surface area contributed by atoms with Crippen molar-refractivity contribution >= 4 is 40.8 Å². The Balaban J connectivity index is 1.96. The van der Waals surface area contributed by atoms with E-state index in [0.29, 0.717) is 21.7 Å². The van der Waals surface area contributed by atoms with Gasteiger partial charge in [0.25, 0.3) is 0 Å². The molecule has 1 fully saturated rings. The first-order chi connectivity index (χ1) is 9.45. The van der Waals surface area contributed by atoms with Crippen LogP contribution in [0.4, 0.5) is 10.5 Å². The first kappa shape index (κ1) is 14.9. The summed E-state index contributed by atoms with van der Waals surface area (Å²) in [5.74, 6) is -0.105. The lowest BCUT2D eigenvalue weighted by atomic mass is 10.1. The molecule has 20 heavy (non-hydrogen) atoms. The van der Waals surface area contributed by atoms with E-state index in [4.69, 9.17) is 28.9 Å². The number of carbonyl (C=O) groups excluding carboxylic acids is 2. The molecule has 0 radical (unpaired) electrons. The molecule has 1 aliphatic carbocycles. The van der Waals surface area contributed by atoms with E-state index < -0.39 is 11.9 Å². The molecule has 0 spiro atoms. The molecule has 1 unspecified atom stereocenters. The van der Waals surface area contributed by atoms with Crippen molar-refractivity contribution in [2.75, 3.05) is 5.32 Å². The zero-order valence-corrected chi connectivity index (χ0v) is 12.2. The standard InChI is InChI=1S/C13H15Cl2N3O2/c14-8-3-4-9(15)11(5-8)18-13(20)17-10(6-12(16)19)7-1-2-7/h3-5,7,10H,1-2,6H2,(H2,16,19)(H2,17,18,20). The van der Waals surface area contributed by atoms with Gasteiger partial charge in [-0.15, -0.1) is 0 Å². The second-order valence-corrected chi connectivity index (χ2v) is 5.68. The maximum atomic E-state index is 11.9. The summed E-state index contributed by atoms with van der Waals surface area (Å²) in [5, 5.41) is 6.24. The molecule has 0 aliphatic heterocycles. The molecule has 2 rings (SSSR count). The van der Waals surface area contributed by atoms with Crippen LogP contribution in [-0.4, -0.2) is 18.0 Å². The quantitative estimate of drug-likeness (QED) is 0.780. The minimum absolute atomic E-state index is 0.140. The van der Waals surface area contributed by atoms with Gasteiger partial charge in [0, 0.05) is 17.5 Å². The van der Waals surface area contributed by atoms with Crippen LogP contribution < -0.4 is 16.4 Å². The Kier molecular flexibility index (Phi) is 4.73. The summed E-state index contributed by atoms with van der Waals surface area (Å²) >= 11 is 11.8. The minimum Gasteiger partial charge on any atom is -0.370 e. The molecular formula is C13H15Cl2N3O2. The highest BCUT2D eigenvalue weighted by molar-refractivity contribution is 6.35. The number of halogens is 2. The second-order valence-electron chi connectivity index (χ2n) is 4.84. The maximum absolute atomic E-state index is 11.9. The molecule has 0 aromatic heterocycles. The van der Waals surface area contributed by atoms with E-state index in [2.05, 4.69) is 10.6 Å². The second kappa shape index (κ2) is 6.33. The fourth-order valence-corrected chi connectivity index (χ4v) is 2.31. The van der Waals surface area contributed by atoms with E-state index in [1.165, 1.54) is 0 Å². The van der Waals surface area contributed by atoms with Crippen LogP contribution in [-0.2, 0) is 4.79 Å². The van der Waals surface area contributed by atoms with E-state index in [9.17, 15) is 9.59 Å². The average molecular weight is 316 g/mol. The van der Waals surface area contributed by atoms with Crippen LogP contribution in [0.25, 0.3) is 0 Å². The molecule has 4 N–H and O–H groups in total. The SMILES string of the molecule is NC(=O)CC(NC(=O)Nc1cc(Cl)ccc1Cl)C1CC1. The molecule has 1 saturated carbocycles. The van der Waals surface area contributed by atoms with Crippen LogP contribution in [0.5, 0.6) is 0 Å². The number of urea groups is 1. The monoisotopic (exact) mass is 315 g/mol. The molecule has 1 atom stereocenters. The van der Waals surface area contributed by atoms with E-state index >= 15 is 0 Å². The molecule has 1 aromatic carbocycles. The Morgan fingerprint density at radius 3 is 2.65 bits per heavy atom. The zero-order chi connectivity index (χ0) is 14.7. The normalized spacial score (nSPS) is 15.5. The molecule has 1 aromatic rings. The van der Waals surface area contributed by atoms with Crippen LogP contribution in [0.15, 0.2) is 18.2 Å². The van der Waals surface area contributed by atoms with Crippen molar-refractivity contribution in [1.82, 2.24) is 5.32 Å². The number of nitrogens with one attached hydrogen (secondary N) is 2. The van der Waals surface area contributed by atoms with Gasteiger partial charge in [-0.2, -0.15) is 0 Å². The fourth-order valence-electron chi connectivity index (χ4n) is 1.97. The van der Waals surface area contributed by atoms with Gasteiger partial charge < -0.3 is 16.4 Å². The van der Waals surface area contributed by atoms with Crippen LogP contribution in [0.2, 0.25) is 10.0 Å². The first-order valence-corrected chi connectivity index (χ1v) is 7.02. The number of anilines is 1. The predicted molar refractivity (Wildman–Crippen MR) is 78.9 cm³/mol. The van der Waals surface area contributed by atoms with Gasteiger partial charge in [-0.1, -0.05) is 23.2 Å². The molecule has 0 bridgehead atoms. The van der Waals surface area contributed by atoms with Gasteiger partial charge in [0.05, 0.1) is 10.7 Å². The number of hydrogen-bond acceptors (Lipinski definition) is 2. The highest BCUT2D eigenvalue weighted by Gasteiger charge is 2.33. The molecule has 3 amide bonds. The number of nitrogens with two attached hydrogens (primary N) is 1. The smallest absolute Gasteiger partial charge is 0.319 e. The highest BCUT2D eigenvalue weighted by atomic mass is 35.5. The maximum Gasteiger partial charge on any atom is 0.319 e. The van der Waals surface area contributed by atoms with Gasteiger partial charge in [-0.3, -0.25) is 4.79 Å². The molecule has 5 nitrogen and oxygen atoms in total. The Morgan fingerprint density at radius 1 is 1.35 bits per heavy atom. The molecule has 0 saturated heterocycles. The average Bonchev–Trinajstić information content (AvgIpc) is 3.16. The minimum atomic E-state index is -0.428. The van der Waals surface area contributed by atoms with E-state index in [0.717, 1.165) is 12.8 Å². The number of carbonyl (C=O) groups is 2. The summed E-state index contributed by atoms with van der Waals surface area (Å²) in [6.07, 6.45) is 2.13. The number of hydrogen-bond donors (Lipinski definition) is 3. The van der Waals surface area contributed by atoms with Gasteiger partial charge in [0.2, 0.25) is 5.91 Å². The van der Waals surface area contributed by atoms with Crippen molar-refractivity contribution in [3.8, 4) is 0 Å². The summed E-state index contributed by atoms with van der Waals surface area (Å²) in [6, 6.07) is 4.13. The van der Waals surface area contributed by atoms with E-state index in [-0.39, 0.29) is 12.5 Å². The van der Waals surface area contributed by atoms with Gasteiger partial charge >= 0.3 is 6.03 Å². The third kappa shape index (κ3) is 4.28. The topological polar surface area (TPSA) is 84.2 Å². The number of primary amides is 1. The molecule has 0 heterocycles. The largest absolute Gasteiger partial charge is 0.370 e. The van der Waals surface area contributed by atoms with Crippen molar-refractivity contribution in [3.05, 3.63) is 28.2 Å². The first-order valence-electron chi connectivity index (χ1n) is 6.26. The summed E-state index contributed by atoms with van der Waals surface area (Å²) in [6.45, 7) is 0. The van der Waals surface area contributed by atoms with Gasteiger partial charge in [0.15, 0.2) is 0 Å². The number of rotatable bonds is 5. The van der Waals surface area contributed by atoms with Crippen LogP contribution >= 0.6 is 23.2 Å². The predicted octanol–water partition coefficient (Wildman–Crippen LogP) is 2.77. The van der Waals surface area contributed by atoms with Crippen molar-refractivity contribution in [2.45, 2.75) is 25.3 Å². The Bertz CT molecular complexity index is 532. The number of benzene rings is 1. The summed E-state index contributed by atoms with van der Waals surface area (Å²) in [7, 11) is 0. The highest BCUT2D eigenvalue weighted by Crippen LogP contribution is 2.34. The summed E-state index contributed by atoms with van der Waals surface area (Å²) in [5.41, 5.74) is 5.60. The van der Waals surface area contributed by atoms with E-state index in [1.54, 1.807) is 18.2 Å². The van der Waals surface area contributed by atoms with Crippen molar-refractivity contribution in [1.29, 1.82) is 0 Å². The van der Waals surface area contributed by atoms with Crippen LogP contribution in [0, 0.1) is 5.92 Å². The zero-order valence-electron chi connectivity index (χ0n) is 10.7. The third-order valence-corrected chi connectivity index (χ3v) is 3.67. The summed E-state index contributed by atoms with van der Waals surface area (Å²) < 4.78 is 0. The molecule has 1 aliphatic rings. The molecule has 108 valence electrons. The van der Waals surface area contributed by atoms with Gasteiger partial charge in [-0.25, -0.2) is 4.79 Å². The third-order valence-electron chi connectivity index (χ3n) is 3.11. The lowest BCUT2D eigenvalue weighted by Gasteiger charge is -2.17. The van der Waals surface area contributed by atoms with Crippen molar-refractivity contribution in [2.24, 2.45) is 11.7 Å². The van der Waals surface area contributed by atoms with Crippen molar-refractivity contribution < 1.29 is 9.59 Å². The van der Waals surface area contributed by atoms with Crippen molar-refractivity contribution in [3.63, 3.8) is 0 Å². The van der Waals surface area contributed by atoms with Gasteiger partial charge in [0.1, 0.15) is 0 Å². The number of amides is 3. The molecule has 7 heteroatoms.